The van der Waals surface area contributed by atoms with Crippen molar-refractivity contribution in [3.05, 3.63) is 0 Å². The molecule has 0 aromatic rings. The number of halogens is 1. The molecule has 1 N–H and O–H groups in total. The van der Waals surface area contributed by atoms with Crippen molar-refractivity contribution in [1.82, 2.24) is 5.32 Å². The molecule has 1 fully saturated rings. The highest BCUT2D eigenvalue weighted by Crippen LogP contribution is 2.34. The Bertz CT molecular complexity index is 130. The molecule has 0 aromatic carbocycles. The minimum absolute atomic E-state index is 0.191. The fourth-order valence-corrected chi connectivity index (χ4v) is 2.16. The van der Waals surface area contributed by atoms with Crippen LogP contribution in [0.4, 0.5) is 4.39 Å². The molecular weight excluding hydrogens is 165 g/mol. The predicted molar refractivity (Wildman–Crippen MR) is 54.7 cm³/mol. The molecule has 0 unspecified atom stereocenters. The van der Waals surface area contributed by atoms with Crippen molar-refractivity contribution in [1.29, 1.82) is 0 Å². The average molecular weight is 187 g/mol. The van der Waals surface area contributed by atoms with Crippen LogP contribution in [-0.2, 0) is 0 Å². The Morgan fingerprint density at radius 2 is 1.92 bits per heavy atom. The highest BCUT2D eigenvalue weighted by atomic mass is 19.1. The van der Waals surface area contributed by atoms with E-state index in [4.69, 9.17) is 0 Å². The fraction of sp³-hybridized carbons (Fsp3) is 1.00. The van der Waals surface area contributed by atoms with Crippen molar-refractivity contribution in [3.63, 3.8) is 0 Å². The lowest BCUT2D eigenvalue weighted by molar-refractivity contribution is 0.207. The highest BCUT2D eigenvalue weighted by molar-refractivity contribution is 4.80. The van der Waals surface area contributed by atoms with E-state index in [2.05, 4.69) is 12.2 Å². The van der Waals surface area contributed by atoms with Gasteiger partial charge in [0.25, 0.3) is 0 Å². The van der Waals surface area contributed by atoms with Crippen molar-refractivity contribution in [3.8, 4) is 0 Å². The van der Waals surface area contributed by atoms with Crippen LogP contribution >= 0.6 is 0 Å². The van der Waals surface area contributed by atoms with Gasteiger partial charge in [-0.15, -0.1) is 0 Å². The molecule has 1 aliphatic carbocycles. The van der Waals surface area contributed by atoms with Crippen LogP contribution in [0.5, 0.6) is 0 Å². The summed E-state index contributed by atoms with van der Waals surface area (Å²) in [4.78, 5) is 0. The number of alkyl halides is 1. The van der Waals surface area contributed by atoms with Gasteiger partial charge in [0, 0.05) is 6.54 Å². The van der Waals surface area contributed by atoms with Crippen molar-refractivity contribution >= 4 is 0 Å². The van der Waals surface area contributed by atoms with E-state index in [0.717, 1.165) is 13.1 Å². The van der Waals surface area contributed by atoms with E-state index in [0.29, 0.717) is 11.8 Å². The van der Waals surface area contributed by atoms with Gasteiger partial charge in [0.05, 0.1) is 6.67 Å². The first-order valence-electron chi connectivity index (χ1n) is 5.54. The molecule has 0 bridgehead atoms. The van der Waals surface area contributed by atoms with Crippen molar-refractivity contribution < 1.29 is 4.39 Å². The molecule has 0 spiro atoms. The van der Waals surface area contributed by atoms with Gasteiger partial charge in [-0.25, -0.2) is 0 Å². The summed E-state index contributed by atoms with van der Waals surface area (Å²) in [6, 6.07) is 0. The Kier molecular flexibility index (Phi) is 4.71. The zero-order valence-corrected chi connectivity index (χ0v) is 8.74. The van der Waals surface area contributed by atoms with E-state index in [9.17, 15) is 4.39 Å². The molecule has 2 heteroatoms. The third-order valence-corrected chi connectivity index (χ3v) is 3.10. The maximum atomic E-state index is 11.8. The van der Waals surface area contributed by atoms with Gasteiger partial charge in [0.2, 0.25) is 0 Å². The lowest BCUT2D eigenvalue weighted by Gasteiger charge is -2.33. The smallest absolute Gasteiger partial charge is 0.0906 e. The lowest BCUT2D eigenvalue weighted by Crippen LogP contribution is -2.34. The Morgan fingerprint density at radius 1 is 1.23 bits per heavy atom. The van der Waals surface area contributed by atoms with E-state index >= 15 is 0 Å². The van der Waals surface area contributed by atoms with Crippen LogP contribution in [0.25, 0.3) is 0 Å². The van der Waals surface area contributed by atoms with E-state index < -0.39 is 0 Å². The van der Waals surface area contributed by atoms with E-state index in [1.54, 1.807) is 0 Å². The summed E-state index contributed by atoms with van der Waals surface area (Å²) in [7, 11) is 0. The van der Waals surface area contributed by atoms with Crippen LogP contribution in [0, 0.1) is 5.41 Å². The third kappa shape index (κ3) is 4.08. The zero-order valence-electron chi connectivity index (χ0n) is 8.74. The van der Waals surface area contributed by atoms with Crippen molar-refractivity contribution in [2.24, 2.45) is 5.41 Å². The summed E-state index contributed by atoms with van der Waals surface area (Å²) >= 11 is 0. The Hall–Kier alpha value is -0.110. The quantitative estimate of drug-likeness (QED) is 0.653. The minimum Gasteiger partial charge on any atom is -0.316 e. The molecule has 0 atom stereocenters. The first-order valence-corrected chi connectivity index (χ1v) is 5.54. The molecule has 0 amide bonds. The maximum Gasteiger partial charge on any atom is 0.0906 e. The van der Waals surface area contributed by atoms with E-state index in [-0.39, 0.29) is 6.67 Å². The van der Waals surface area contributed by atoms with Gasteiger partial charge in [-0.1, -0.05) is 26.2 Å². The van der Waals surface area contributed by atoms with Crippen LogP contribution in [0.3, 0.4) is 0 Å². The summed E-state index contributed by atoms with van der Waals surface area (Å²) in [5.41, 5.74) is 0.495. The maximum absolute atomic E-state index is 11.8. The number of hydrogen-bond donors (Lipinski definition) is 1. The largest absolute Gasteiger partial charge is 0.316 e. The average Bonchev–Trinajstić information content (AvgIpc) is 2.14. The highest BCUT2D eigenvalue weighted by Gasteiger charge is 2.25. The van der Waals surface area contributed by atoms with Crippen LogP contribution in [-0.4, -0.2) is 19.8 Å². The van der Waals surface area contributed by atoms with E-state index in [1.807, 2.05) is 0 Å². The van der Waals surface area contributed by atoms with Gasteiger partial charge in [-0.05, 0) is 31.2 Å². The molecular formula is C11H22FN. The van der Waals surface area contributed by atoms with Gasteiger partial charge >= 0.3 is 0 Å². The SMILES string of the molecule is CC1(CNCCCF)CCCCC1. The van der Waals surface area contributed by atoms with Crippen molar-refractivity contribution in [2.75, 3.05) is 19.8 Å². The van der Waals surface area contributed by atoms with Crippen LogP contribution in [0.15, 0.2) is 0 Å². The van der Waals surface area contributed by atoms with Crippen LogP contribution < -0.4 is 5.32 Å². The summed E-state index contributed by atoms with van der Waals surface area (Å²) in [6.07, 6.45) is 7.50. The lowest BCUT2D eigenvalue weighted by atomic mass is 9.76. The normalized spacial score (nSPS) is 21.7. The number of hydrogen-bond acceptors (Lipinski definition) is 1. The Balaban J connectivity index is 2.10. The molecule has 78 valence electrons. The molecule has 0 heterocycles. The van der Waals surface area contributed by atoms with E-state index in [1.165, 1.54) is 32.1 Å². The zero-order chi connectivity index (χ0) is 9.57. The second-order valence-electron chi connectivity index (χ2n) is 4.59. The molecule has 1 aliphatic rings. The molecule has 0 aliphatic heterocycles. The second kappa shape index (κ2) is 5.58. The molecule has 1 saturated carbocycles. The summed E-state index contributed by atoms with van der Waals surface area (Å²) in [5.74, 6) is 0. The molecule has 1 nitrogen and oxygen atoms in total. The summed E-state index contributed by atoms with van der Waals surface area (Å²) < 4.78 is 11.8. The van der Waals surface area contributed by atoms with Gasteiger partial charge in [0.15, 0.2) is 0 Å². The van der Waals surface area contributed by atoms with Crippen LogP contribution in [0.2, 0.25) is 0 Å². The monoisotopic (exact) mass is 187 g/mol. The third-order valence-electron chi connectivity index (χ3n) is 3.10. The molecule has 0 saturated heterocycles. The molecule has 0 radical (unpaired) electrons. The molecule has 0 aromatic heterocycles. The van der Waals surface area contributed by atoms with Gasteiger partial charge in [-0.2, -0.15) is 0 Å². The minimum atomic E-state index is -0.191. The number of nitrogens with one attached hydrogen (secondary N) is 1. The Morgan fingerprint density at radius 3 is 2.54 bits per heavy atom. The summed E-state index contributed by atoms with van der Waals surface area (Å²) in [6.45, 7) is 4.08. The molecule has 13 heavy (non-hydrogen) atoms. The van der Waals surface area contributed by atoms with Gasteiger partial charge in [-0.3, -0.25) is 4.39 Å². The fourth-order valence-electron chi connectivity index (χ4n) is 2.16. The Labute approximate surface area is 81.1 Å². The van der Waals surface area contributed by atoms with Crippen LogP contribution in [0.1, 0.15) is 45.4 Å². The second-order valence-corrected chi connectivity index (χ2v) is 4.59. The topological polar surface area (TPSA) is 12.0 Å². The summed E-state index contributed by atoms with van der Waals surface area (Å²) in [5, 5.41) is 3.36. The standard InChI is InChI=1S/C11H22FN/c1-11(6-3-2-4-7-11)10-13-9-5-8-12/h13H,2-10H2,1H3. The van der Waals surface area contributed by atoms with Gasteiger partial charge < -0.3 is 5.32 Å². The van der Waals surface area contributed by atoms with Crippen molar-refractivity contribution in [2.45, 2.75) is 45.4 Å². The molecule has 1 rings (SSSR count). The van der Waals surface area contributed by atoms with Gasteiger partial charge in [0.1, 0.15) is 0 Å². The first kappa shape index (κ1) is 11.0. The predicted octanol–water partition coefficient (Wildman–Crippen LogP) is 2.91. The number of rotatable bonds is 5. The first-order chi connectivity index (χ1) is 6.27.